The van der Waals surface area contributed by atoms with Gasteiger partial charge in [0.25, 0.3) is 5.91 Å². The van der Waals surface area contributed by atoms with Crippen LogP contribution in [-0.4, -0.2) is 48.9 Å². The van der Waals surface area contributed by atoms with Crippen molar-refractivity contribution in [3.8, 4) is 17.2 Å². The summed E-state index contributed by atoms with van der Waals surface area (Å²) < 4.78 is 0. The van der Waals surface area contributed by atoms with Gasteiger partial charge in [0.15, 0.2) is 0 Å². The van der Waals surface area contributed by atoms with E-state index in [1.165, 1.54) is 0 Å². The molecule has 2 aromatic rings. The van der Waals surface area contributed by atoms with Crippen molar-refractivity contribution >= 4 is 5.91 Å². The first kappa shape index (κ1) is 16.2. The number of carbonyl (C=O) groups excluding carboxylic acids is 1. The average molecular weight is 319 g/mol. The number of likely N-dealkylation sites (N-methyl/N-ethyl adjacent to an activating group) is 1. The number of hydrogen-bond acceptors (Lipinski definition) is 3. The first-order chi connectivity index (χ1) is 11.6. The Labute approximate surface area is 142 Å². The maximum Gasteiger partial charge on any atom is 0.253 e. The third-order valence-corrected chi connectivity index (χ3v) is 4.67. The summed E-state index contributed by atoms with van der Waals surface area (Å²) in [6, 6.07) is 17.7. The van der Waals surface area contributed by atoms with E-state index >= 15 is 0 Å². The Kier molecular flexibility index (Phi) is 4.64. The summed E-state index contributed by atoms with van der Waals surface area (Å²) in [5.74, 6) is 0.0828. The second kappa shape index (κ2) is 6.86. The lowest BCUT2D eigenvalue weighted by atomic mass is 9.99. The monoisotopic (exact) mass is 319 g/mol. The molecule has 0 spiro atoms. The Morgan fingerprint density at radius 2 is 1.88 bits per heavy atom. The van der Waals surface area contributed by atoms with Crippen LogP contribution in [0, 0.1) is 11.3 Å². The topological polar surface area (TPSA) is 47.3 Å². The van der Waals surface area contributed by atoms with Crippen LogP contribution in [0.25, 0.3) is 11.1 Å². The molecule has 0 saturated carbocycles. The van der Waals surface area contributed by atoms with Crippen molar-refractivity contribution < 1.29 is 4.79 Å². The minimum absolute atomic E-state index is 0.0828. The summed E-state index contributed by atoms with van der Waals surface area (Å²) in [4.78, 5) is 16.7. The van der Waals surface area contributed by atoms with Crippen LogP contribution >= 0.6 is 0 Å². The van der Waals surface area contributed by atoms with Gasteiger partial charge in [0.1, 0.15) is 0 Å². The normalized spacial score (nSPS) is 17.1. The summed E-state index contributed by atoms with van der Waals surface area (Å²) in [6.45, 7) is 1.59. The SMILES string of the molecule is CN(C)C1CCN(C(=O)c2ccc(-c3ccccc3C#N)cc2)C1. The molecule has 1 heterocycles. The van der Waals surface area contributed by atoms with E-state index in [0.29, 0.717) is 17.2 Å². The number of amides is 1. The largest absolute Gasteiger partial charge is 0.337 e. The fourth-order valence-corrected chi connectivity index (χ4v) is 3.16. The molecule has 4 nitrogen and oxygen atoms in total. The molecule has 1 amide bonds. The van der Waals surface area contributed by atoms with E-state index in [1.807, 2.05) is 47.4 Å². The highest BCUT2D eigenvalue weighted by molar-refractivity contribution is 5.95. The molecule has 1 saturated heterocycles. The van der Waals surface area contributed by atoms with Gasteiger partial charge in [-0.1, -0.05) is 30.3 Å². The average Bonchev–Trinajstić information content (AvgIpc) is 3.11. The molecule has 0 aromatic heterocycles. The van der Waals surface area contributed by atoms with Crippen LogP contribution in [0.15, 0.2) is 48.5 Å². The van der Waals surface area contributed by atoms with E-state index in [1.54, 1.807) is 6.07 Å². The molecule has 0 aliphatic carbocycles. The Morgan fingerprint density at radius 1 is 1.17 bits per heavy atom. The van der Waals surface area contributed by atoms with Crippen molar-refractivity contribution in [1.29, 1.82) is 5.26 Å². The number of hydrogen-bond donors (Lipinski definition) is 0. The first-order valence-corrected chi connectivity index (χ1v) is 8.15. The summed E-state index contributed by atoms with van der Waals surface area (Å²) in [5, 5.41) is 9.22. The van der Waals surface area contributed by atoms with Crippen molar-refractivity contribution in [2.75, 3.05) is 27.2 Å². The van der Waals surface area contributed by atoms with Gasteiger partial charge in [0, 0.05) is 24.7 Å². The molecule has 4 heteroatoms. The van der Waals surface area contributed by atoms with Gasteiger partial charge in [0.05, 0.1) is 11.6 Å². The van der Waals surface area contributed by atoms with Gasteiger partial charge in [-0.05, 0) is 49.8 Å². The summed E-state index contributed by atoms with van der Waals surface area (Å²) in [5.41, 5.74) is 3.20. The third-order valence-electron chi connectivity index (χ3n) is 4.67. The van der Waals surface area contributed by atoms with E-state index in [-0.39, 0.29) is 5.91 Å². The van der Waals surface area contributed by atoms with Crippen molar-refractivity contribution in [2.24, 2.45) is 0 Å². The summed E-state index contributed by atoms with van der Waals surface area (Å²) in [7, 11) is 4.11. The second-order valence-corrected chi connectivity index (χ2v) is 6.39. The molecule has 1 atom stereocenters. The number of likely N-dealkylation sites (tertiary alicyclic amines) is 1. The molecule has 24 heavy (non-hydrogen) atoms. The van der Waals surface area contributed by atoms with Gasteiger partial charge >= 0.3 is 0 Å². The molecule has 2 aromatic carbocycles. The zero-order valence-electron chi connectivity index (χ0n) is 14.1. The molecule has 0 N–H and O–H groups in total. The fraction of sp³-hybridized carbons (Fsp3) is 0.300. The van der Waals surface area contributed by atoms with Crippen molar-refractivity contribution in [2.45, 2.75) is 12.5 Å². The second-order valence-electron chi connectivity index (χ2n) is 6.39. The lowest BCUT2D eigenvalue weighted by Gasteiger charge is -2.20. The number of nitrogens with zero attached hydrogens (tertiary/aromatic N) is 3. The van der Waals surface area contributed by atoms with Crippen molar-refractivity contribution in [3.05, 3.63) is 59.7 Å². The lowest BCUT2D eigenvalue weighted by Crippen LogP contribution is -2.34. The van der Waals surface area contributed by atoms with E-state index in [0.717, 1.165) is 30.6 Å². The molecule has 122 valence electrons. The van der Waals surface area contributed by atoms with Crippen LogP contribution in [-0.2, 0) is 0 Å². The van der Waals surface area contributed by atoms with Gasteiger partial charge in [-0.2, -0.15) is 5.26 Å². The van der Waals surface area contributed by atoms with E-state index in [4.69, 9.17) is 0 Å². The highest BCUT2D eigenvalue weighted by Gasteiger charge is 2.27. The summed E-state index contributed by atoms with van der Waals surface area (Å²) >= 11 is 0. The Morgan fingerprint density at radius 3 is 2.50 bits per heavy atom. The number of carbonyl (C=O) groups is 1. The Bertz CT molecular complexity index is 774. The Hall–Kier alpha value is -2.64. The van der Waals surface area contributed by atoms with E-state index in [2.05, 4.69) is 25.1 Å². The standard InChI is InChI=1S/C20H21N3O/c1-22(2)18-11-12-23(14-18)20(24)16-9-7-15(8-10-16)19-6-4-3-5-17(19)13-21/h3-10,18H,11-12,14H2,1-2H3. The summed E-state index contributed by atoms with van der Waals surface area (Å²) in [6.07, 6.45) is 1.02. The van der Waals surface area contributed by atoms with E-state index in [9.17, 15) is 10.1 Å². The number of benzene rings is 2. The van der Waals surface area contributed by atoms with Crippen molar-refractivity contribution in [1.82, 2.24) is 9.80 Å². The van der Waals surface area contributed by atoms with Crippen LogP contribution < -0.4 is 0 Å². The molecular formula is C20H21N3O. The molecule has 1 aliphatic heterocycles. The highest BCUT2D eigenvalue weighted by atomic mass is 16.2. The molecule has 1 fully saturated rings. The first-order valence-electron chi connectivity index (χ1n) is 8.15. The minimum atomic E-state index is 0.0828. The van der Waals surface area contributed by atoms with Crippen LogP contribution in [0.1, 0.15) is 22.3 Å². The quantitative estimate of drug-likeness (QED) is 0.874. The van der Waals surface area contributed by atoms with Crippen molar-refractivity contribution in [3.63, 3.8) is 0 Å². The van der Waals surface area contributed by atoms with Crippen LogP contribution in [0.3, 0.4) is 0 Å². The third kappa shape index (κ3) is 3.17. The van der Waals surface area contributed by atoms with Crippen LogP contribution in [0.4, 0.5) is 0 Å². The van der Waals surface area contributed by atoms with Gasteiger partial charge < -0.3 is 9.80 Å². The Balaban J connectivity index is 1.78. The maximum atomic E-state index is 12.6. The zero-order chi connectivity index (χ0) is 17.1. The van der Waals surface area contributed by atoms with Gasteiger partial charge in [-0.3, -0.25) is 4.79 Å². The number of rotatable bonds is 3. The van der Waals surface area contributed by atoms with Gasteiger partial charge in [-0.15, -0.1) is 0 Å². The molecule has 3 rings (SSSR count). The molecule has 0 radical (unpaired) electrons. The van der Waals surface area contributed by atoms with E-state index < -0.39 is 0 Å². The highest BCUT2D eigenvalue weighted by Crippen LogP contribution is 2.24. The van der Waals surface area contributed by atoms with Crippen LogP contribution in [0.5, 0.6) is 0 Å². The zero-order valence-corrected chi connectivity index (χ0v) is 14.1. The van der Waals surface area contributed by atoms with Gasteiger partial charge in [-0.25, -0.2) is 0 Å². The molecule has 0 bridgehead atoms. The predicted octanol–water partition coefficient (Wildman–Crippen LogP) is 3.00. The molecule has 1 unspecified atom stereocenters. The molecular weight excluding hydrogens is 298 g/mol. The fourth-order valence-electron chi connectivity index (χ4n) is 3.16. The lowest BCUT2D eigenvalue weighted by molar-refractivity contribution is 0.0783. The predicted molar refractivity (Wildman–Crippen MR) is 94.6 cm³/mol. The van der Waals surface area contributed by atoms with Crippen LogP contribution in [0.2, 0.25) is 0 Å². The maximum absolute atomic E-state index is 12.6. The number of nitriles is 1. The smallest absolute Gasteiger partial charge is 0.253 e. The minimum Gasteiger partial charge on any atom is -0.337 e. The molecule has 1 aliphatic rings. The van der Waals surface area contributed by atoms with Gasteiger partial charge in [0.2, 0.25) is 0 Å².